The highest BCUT2D eigenvalue weighted by Crippen LogP contribution is 2.35. The van der Waals surface area contributed by atoms with Gasteiger partial charge in [-0.25, -0.2) is 0 Å². The minimum Gasteiger partial charge on any atom is -0.493 e. The lowest BCUT2D eigenvalue weighted by Gasteiger charge is -2.33. The van der Waals surface area contributed by atoms with Crippen molar-refractivity contribution in [3.05, 3.63) is 35.0 Å². The first-order chi connectivity index (χ1) is 12.8. The molecule has 0 radical (unpaired) electrons. The summed E-state index contributed by atoms with van der Waals surface area (Å²) in [5.74, 6) is -0.0893. The SMILES string of the molecule is CCN(CC)C(=O)C1=C(C)NC(=S)N[C@H]1c1ccc(OC)c(OC(F)F)c1. The van der Waals surface area contributed by atoms with Crippen LogP contribution in [0.4, 0.5) is 8.78 Å². The van der Waals surface area contributed by atoms with Gasteiger partial charge < -0.3 is 25.0 Å². The molecule has 0 spiro atoms. The summed E-state index contributed by atoms with van der Waals surface area (Å²) in [7, 11) is 1.37. The normalized spacial score (nSPS) is 16.7. The third-order valence-corrected chi connectivity index (χ3v) is 4.51. The molecule has 1 amide bonds. The van der Waals surface area contributed by atoms with Gasteiger partial charge in [-0.15, -0.1) is 0 Å². The van der Waals surface area contributed by atoms with E-state index in [0.29, 0.717) is 35.0 Å². The molecule has 0 saturated carbocycles. The Bertz CT molecular complexity index is 751. The first kappa shape index (κ1) is 20.9. The predicted molar refractivity (Wildman–Crippen MR) is 102 cm³/mol. The van der Waals surface area contributed by atoms with Crippen LogP contribution in [0.25, 0.3) is 0 Å². The van der Waals surface area contributed by atoms with Gasteiger partial charge in [0.05, 0.1) is 18.7 Å². The van der Waals surface area contributed by atoms with Gasteiger partial charge in [0.25, 0.3) is 5.91 Å². The molecule has 1 aromatic rings. The van der Waals surface area contributed by atoms with Gasteiger partial charge in [0.2, 0.25) is 0 Å². The zero-order valence-corrected chi connectivity index (χ0v) is 16.5. The van der Waals surface area contributed by atoms with E-state index in [-0.39, 0.29) is 17.4 Å². The van der Waals surface area contributed by atoms with Gasteiger partial charge in [0.15, 0.2) is 16.6 Å². The number of alkyl halides is 2. The number of rotatable bonds is 7. The number of nitrogens with zero attached hydrogens (tertiary/aromatic N) is 1. The zero-order chi connectivity index (χ0) is 20.1. The van der Waals surface area contributed by atoms with Crippen molar-refractivity contribution in [2.24, 2.45) is 0 Å². The molecule has 27 heavy (non-hydrogen) atoms. The monoisotopic (exact) mass is 399 g/mol. The number of benzene rings is 1. The summed E-state index contributed by atoms with van der Waals surface area (Å²) < 4.78 is 35.1. The predicted octanol–water partition coefficient (Wildman–Crippen LogP) is 2.96. The molecule has 1 atom stereocenters. The van der Waals surface area contributed by atoms with E-state index in [0.717, 1.165) is 0 Å². The Morgan fingerprint density at radius 3 is 2.52 bits per heavy atom. The summed E-state index contributed by atoms with van der Waals surface area (Å²) in [6.45, 7) is 3.64. The molecule has 1 heterocycles. The zero-order valence-electron chi connectivity index (χ0n) is 15.6. The molecule has 6 nitrogen and oxygen atoms in total. The Morgan fingerprint density at radius 2 is 1.96 bits per heavy atom. The molecule has 1 aromatic carbocycles. The summed E-state index contributed by atoms with van der Waals surface area (Å²) in [5.41, 5.74) is 1.65. The summed E-state index contributed by atoms with van der Waals surface area (Å²) in [6, 6.07) is 4.04. The molecular weight excluding hydrogens is 376 g/mol. The van der Waals surface area contributed by atoms with E-state index in [4.69, 9.17) is 17.0 Å². The number of thiocarbonyl (C=S) groups is 1. The number of halogens is 2. The van der Waals surface area contributed by atoms with E-state index < -0.39 is 12.7 Å². The Labute approximate surface area is 162 Å². The fourth-order valence-electron chi connectivity index (χ4n) is 2.97. The first-order valence-electron chi connectivity index (χ1n) is 8.52. The standard InChI is InChI=1S/C18H23F2N3O3S/c1-5-23(6-2)16(24)14-10(3)21-18(27)22-15(14)11-7-8-12(25-4)13(9-11)26-17(19)20/h7-9,15,17H,5-6H2,1-4H3,(H2,21,22,27)/t15-/m0/s1. The van der Waals surface area contributed by atoms with Gasteiger partial charge in [-0.2, -0.15) is 8.78 Å². The molecular formula is C18H23F2N3O3S. The number of carbonyl (C=O) groups excluding carboxylic acids is 1. The average Bonchev–Trinajstić information content (AvgIpc) is 2.61. The number of nitrogens with one attached hydrogen (secondary N) is 2. The van der Waals surface area contributed by atoms with Gasteiger partial charge >= 0.3 is 6.61 Å². The van der Waals surface area contributed by atoms with Crippen LogP contribution < -0.4 is 20.1 Å². The molecule has 2 N–H and O–H groups in total. The van der Waals surface area contributed by atoms with Crippen LogP contribution in [-0.2, 0) is 4.79 Å². The Hall–Kier alpha value is -2.42. The van der Waals surface area contributed by atoms with Crippen LogP contribution in [0.5, 0.6) is 11.5 Å². The van der Waals surface area contributed by atoms with Gasteiger partial charge in [-0.1, -0.05) is 6.07 Å². The molecule has 148 valence electrons. The smallest absolute Gasteiger partial charge is 0.387 e. The topological polar surface area (TPSA) is 62.8 Å². The van der Waals surface area contributed by atoms with E-state index in [2.05, 4.69) is 15.4 Å². The number of amides is 1. The Morgan fingerprint density at radius 1 is 1.30 bits per heavy atom. The van der Waals surface area contributed by atoms with E-state index in [1.54, 1.807) is 17.9 Å². The summed E-state index contributed by atoms with van der Waals surface area (Å²) in [4.78, 5) is 14.7. The van der Waals surface area contributed by atoms with E-state index in [1.165, 1.54) is 19.2 Å². The van der Waals surface area contributed by atoms with Crippen LogP contribution in [0, 0.1) is 0 Å². The molecule has 9 heteroatoms. The molecule has 0 aromatic heterocycles. The highest BCUT2D eigenvalue weighted by molar-refractivity contribution is 7.80. The molecule has 1 aliphatic rings. The van der Waals surface area contributed by atoms with Gasteiger partial charge in [0.1, 0.15) is 0 Å². The lowest BCUT2D eigenvalue weighted by atomic mass is 9.94. The van der Waals surface area contributed by atoms with Crippen molar-refractivity contribution in [1.29, 1.82) is 0 Å². The van der Waals surface area contributed by atoms with Crippen molar-refractivity contribution >= 4 is 23.2 Å². The number of hydrogen-bond acceptors (Lipinski definition) is 4. The molecule has 0 bridgehead atoms. The summed E-state index contributed by atoms with van der Waals surface area (Å²) in [6.07, 6.45) is 0. The number of likely N-dealkylation sites (N-methyl/N-ethyl adjacent to an activating group) is 1. The molecule has 2 rings (SSSR count). The maximum absolute atomic E-state index is 13.0. The number of allylic oxidation sites excluding steroid dienone is 1. The molecule has 0 saturated heterocycles. The molecule has 0 aliphatic carbocycles. The van der Waals surface area contributed by atoms with Crippen molar-refractivity contribution in [2.45, 2.75) is 33.4 Å². The second-order valence-electron chi connectivity index (χ2n) is 5.84. The lowest BCUT2D eigenvalue weighted by molar-refractivity contribution is -0.127. The molecule has 0 unspecified atom stereocenters. The summed E-state index contributed by atoms with van der Waals surface area (Å²) in [5, 5.41) is 6.35. The van der Waals surface area contributed by atoms with E-state index in [9.17, 15) is 13.6 Å². The fraction of sp³-hybridized carbons (Fsp3) is 0.444. The van der Waals surface area contributed by atoms with Crippen molar-refractivity contribution < 1.29 is 23.0 Å². The Balaban J connectivity index is 2.51. The van der Waals surface area contributed by atoms with Crippen molar-refractivity contribution in [1.82, 2.24) is 15.5 Å². The second kappa shape index (κ2) is 8.98. The summed E-state index contributed by atoms with van der Waals surface area (Å²) >= 11 is 5.22. The first-order valence-corrected chi connectivity index (χ1v) is 8.93. The van der Waals surface area contributed by atoms with Gasteiger partial charge in [-0.3, -0.25) is 4.79 Å². The van der Waals surface area contributed by atoms with E-state index >= 15 is 0 Å². The quantitative estimate of drug-likeness (QED) is 0.688. The highest BCUT2D eigenvalue weighted by atomic mass is 32.1. The highest BCUT2D eigenvalue weighted by Gasteiger charge is 2.32. The van der Waals surface area contributed by atoms with Gasteiger partial charge in [-0.05, 0) is 50.7 Å². The third kappa shape index (κ3) is 4.65. The average molecular weight is 399 g/mol. The van der Waals surface area contributed by atoms with Crippen molar-refractivity contribution in [3.8, 4) is 11.5 Å². The van der Waals surface area contributed by atoms with E-state index in [1.807, 2.05) is 13.8 Å². The largest absolute Gasteiger partial charge is 0.493 e. The fourth-order valence-corrected chi connectivity index (χ4v) is 3.24. The van der Waals surface area contributed by atoms with Crippen LogP contribution >= 0.6 is 12.2 Å². The number of ether oxygens (including phenoxy) is 2. The van der Waals surface area contributed by atoms with Crippen LogP contribution in [0.3, 0.4) is 0 Å². The molecule has 1 aliphatic heterocycles. The minimum atomic E-state index is -3.00. The Kier molecular flexibility index (Phi) is 6.95. The number of methoxy groups -OCH3 is 1. The van der Waals surface area contributed by atoms with Crippen LogP contribution in [-0.4, -0.2) is 42.7 Å². The van der Waals surface area contributed by atoms with Crippen molar-refractivity contribution in [3.63, 3.8) is 0 Å². The third-order valence-electron chi connectivity index (χ3n) is 4.29. The number of carbonyl (C=O) groups is 1. The maximum atomic E-state index is 13.0. The minimum absolute atomic E-state index is 0.108. The van der Waals surface area contributed by atoms with Crippen LogP contribution in [0.2, 0.25) is 0 Å². The molecule has 0 fully saturated rings. The number of hydrogen-bond donors (Lipinski definition) is 2. The second-order valence-corrected chi connectivity index (χ2v) is 6.24. The lowest BCUT2D eigenvalue weighted by Crippen LogP contribution is -2.47. The van der Waals surface area contributed by atoms with Crippen LogP contribution in [0.15, 0.2) is 29.5 Å². The maximum Gasteiger partial charge on any atom is 0.387 e. The van der Waals surface area contributed by atoms with Crippen molar-refractivity contribution in [2.75, 3.05) is 20.2 Å². The van der Waals surface area contributed by atoms with Gasteiger partial charge in [0, 0.05) is 18.8 Å². The van der Waals surface area contributed by atoms with Crippen LogP contribution in [0.1, 0.15) is 32.4 Å².